The SMILES string of the molecule is C/C(=N\Nc1ccc2ccccc2n1)c1ccc(S(=O)(=O)NCc2ccco2)cc1. The monoisotopic (exact) mass is 420 g/mol. The summed E-state index contributed by atoms with van der Waals surface area (Å²) in [5, 5.41) is 5.42. The minimum atomic E-state index is -3.63. The van der Waals surface area contributed by atoms with Gasteiger partial charge >= 0.3 is 0 Å². The first-order chi connectivity index (χ1) is 14.5. The van der Waals surface area contributed by atoms with Crippen LogP contribution < -0.4 is 10.1 Å². The molecule has 0 bridgehead atoms. The molecule has 0 saturated heterocycles. The predicted molar refractivity (Wildman–Crippen MR) is 117 cm³/mol. The Morgan fingerprint density at radius 3 is 2.57 bits per heavy atom. The zero-order valence-corrected chi connectivity index (χ0v) is 17.1. The number of para-hydroxylation sites is 1. The number of fused-ring (bicyclic) bond motifs is 1. The van der Waals surface area contributed by atoms with Gasteiger partial charge in [0.25, 0.3) is 0 Å². The predicted octanol–water partition coefficient (Wildman–Crippen LogP) is 4.14. The maximum Gasteiger partial charge on any atom is 0.240 e. The summed E-state index contributed by atoms with van der Waals surface area (Å²) < 4.78 is 32.5. The summed E-state index contributed by atoms with van der Waals surface area (Å²) >= 11 is 0. The van der Waals surface area contributed by atoms with Crippen molar-refractivity contribution in [2.45, 2.75) is 18.4 Å². The highest BCUT2D eigenvalue weighted by Crippen LogP contribution is 2.15. The lowest BCUT2D eigenvalue weighted by molar-refractivity contribution is 0.498. The van der Waals surface area contributed by atoms with Crippen molar-refractivity contribution in [2.75, 3.05) is 5.43 Å². The molecule has 4 rings (SSSR count). The van der Waals surface area contributed by atoms with Gasteiger partial charge in [-0.1, -0.05) is 30.3 Å². The Hall–Kier alpha value is -3.49. The van der Waals surface area contributed by atoms with Crippen LogP contribution in [0.3, 0.4) is 0 Å². The number of hydrogen-bond acceptors (Lipinski definition) is 6. The second-order valence-corrected chi connectivity index (χ2v) is 8.39. The zero-order valence-electron chi connectivity index (χ0n) is 16.2. The Labute approximate surface area is 174 Å². The van der Waals surface area contributed by atoms with E-state index in [2.05, 4.69) is 20.2 Å². The number of sulfonamides is 1. The topological polar surface area (TPSA) is 96.6 Å². The first kappa shape index (κ1) is 19.8. The van der Waals surface area contributed by atoms with Crippen LogP contribution in [0.5, 0.6) is 0 Å². The number of hydrogen-bond donors (Lipinski definition) is 2. The standard InChI is InChI=1S/C22H20N4O3S/c1-16(25-26-22-13-10-18-5-2-3-7-21(18)24-22)17-8-11-20(12-9-17)30(27,28)23-15-19-6-4-14-29-19/h2-14,23H,15H2,1H3,(H,24,26)/b25-16+. The Morgan fingerprint density at radius 2 is 1.80 bits per heavy atom. The van der Waals surface area contributed by atoms with Crippen LogP contribution in [0, 0.1) is 0 Å². The molecule has 0 aliphatic rings. The molecule has 8 heteroatoms. The molecule has 7 nitrogen and oxygen atoms in total. The van der Waals surface area contributed by atoms with Gasteiger partial charge in [0.15, 0.2) is 0 Å². The lowest BCUT2D eigenvalue weighted by Crippen LogP contribution is -2.23. The van der Waals surface area contributed by atoms with Crippen LogP contribution in [0.2, 0.25) is 0 Å². The van der Waals surface area contributed by atoms with Crippen LogP contribution in [0.25, 0.3) is 10.9 Å². The van der Waals surface area contributed by atoms with E-state index in [1.54, 1.807) is 36.4 Å². The Kier molecular flexibility index (Phi) is 5.60. The van der Waals surface area contributed by atoms with Gasteiger partial charge in [-0.2, -0.15) is 5.10 Å². The van der Waals surface area contributed by atoms with E-state index in [-0.39, 0.29) is 11.4 Å². The van der Waals surface area contributed by atoms with E-state index in [4.69, 9.17) is 4.42 Å². The van der Waals surface area contributed by atoms with Gasteiger partial charge < -0.3 is 4.42 Å². The van der Waals surface area contributed by atoms with Gasteiger partial charge in [-0.3, -0.25) is 5.43 Å². The van der Waals surface area contributed by atoms with Gasteiger partial charge in [0.1, 0.15) is 11.6 Å². The number of aromatic nitrogens is 1. The Balaban J connectivity index is 1.44. The largest absolute Gasteiger partial charge is 0.468 e. The summed E-state index contributed by atoms with van der Waals surface area (Å²) in [6.45, 7) is 1.94. The summed E-state index contributed by atoms with van der Waals surface area (Å²) in [5.74, 6) is 1.18. The first-order valence-corrected chi connectivity index (χ1v) is 10.8. The maximum atomic E-state index is 12.4. The molecule has 0 saturated carbocycles. The second-order valence-electron chi connectivity index (χ2n) is 6.63. The number of pyridine rings is 1. The molecule has 2 N–H and O–H groups in total. The molecule has 2 heterocycles. The van der Waals surface area contributed by atoms with Crippen LogP contribution in [-0.2, 0) is 16.6 Å². The zero-order chi connectivity index (χ0) is 21.0. The first-order valence-electron chi connectivity index (χ1n) is 9.30. The van der Waals surface area contributed by atoms with Crippen LogP contribution in [0.1, 0.15) is 18.2 Å². The summed E-state index contributed by atoms with van der Waals surface area (Å²) in [6.07, 6.45) is 1.50. The number of nitrogens with one attached hydrogen (secondary N) is 2. The number of rotatable bonds is 7. The van der Waals surface area contributed by atoms with E-state index in [0.717, 1.165) is 16.5 Å². The fourth-order valence-electron chi connectivity index (χ4n) is 2.87. The van der Waals surface area contributed by atoms with Crippen molar-refractivity contribution < 1.29 is 12.8 Å². The average Bonchev–Trinajstić information content (AvgIpc) is 3.30. The number of hydrazone groups is 1. The van der Waals surface area contributed by atoms with Crippen LogP contribution in [-0.4, -0.2) is 19.1 Å². The minimum Gasteiger partial charge on any atom is -0.468 e. The van der Waals surface area contributed by atoms with Gasteiger partial charge in [-0.15, -0.1) is 0 Å². The van der Waals surface area contributed by atoms with Crippen molar-refractivity contribution in [3.05, 3.63) is 90.4 Å². The number of benzene rings is 2. The Bertz CT molecular complexity index is 1280. The highest BCUT2D eigenvalue weighted by molar-refractivity contribution is 7.89. The van der Waals surface area contributed by atoms with E-state index in [0.29, 0.717) is 17.3 Å². The molecule has 0 radical (unpaired) electrons. The smallest absolute Gasteiger partial charge is 0.240 e. The molecule has 152 valence electrons. The fraction of sp³-hybridized carbons (Fsp3) is 0.0909. The summed E-state index contributed by atoms with van der Waals surface area (Å²) in [7, 11) is -3.63. The molecule has 0 aliphatic heterocycles. The van der Waals surface area contributed by atoms with E-state index < -0.39 is 10.0 Å². The summed E-state index contributed by atoms with van der Waals surface area (Å²) in [4.78, 5) is 4.69. The molecule has 0 unspecified atom stereocenters. The number of nitrogens with zero attached hydrogens (tertiary/aromatic N) is 2. The van der Waals surface area contributed by atoms with Gasteiger partial charge in [0, 0.05) is 5.39 Å². The van der Waals surface area contributed by atoms with E-state index in [9.17, 15) is 8.42 Å². The Morgan fingerprint density at radius 1 is 1.00 bits per heavy atom. The van der Waals surface area contributed by atoms with Crippen molar-refractivity contribution in [3.8, 4) is 0 Å². The van der Waals surface area contributed by atoms with E-state index in [1.807, 2.05) is 43.3 Å². The van der Waals surface area contributed by atoms with Gasteiger partial charge in [-0.05, 0) is 55.0 Å². The van der Waals surface area contributed by atoms with Crippen LogP contribution >= 0.6 is 0 Å². The van der Waals surface area contributed by atoms with Gasteiger partial charge in [-0.25, -0.2) is 18.1 Å². The number of anilines is 1. The third-order valence-corrected chi connectivity index (χ3v) is 5.95. The molecule has 30 heavy (non-hydrogen) atoms. The van der Waals surface area contributed by atoms with E-state index in [1.165, 1.54) is 6.26 Å². The molecule has 2 aromatic heterocycles. The third kappa shape index (κ3) is 4.56. The molecule has 0 aliphatic carbocycles. The van der Waals surface area contributed by atoms with Crippen LogP contribution in [0.15, 0.2) is 93.5 Å². The highest BCUT2D eigenvalue weighted by Gasteiger charge is 2.14. The third-order valence-electron chi connectivity index (χ3n) is 4.54. The lowest BCUT2D eigenvalue weighted by atomic mass is 10.1. The average molecular weight is 420 g/mol. The second kappa shape index (κ2) is 8.48. The molecule has 0 spiro atoms. The summed E-state index contributed by atoms with van der Waals surface area (Å²) in [5.41, 5.74) is 5.34. The minimum absolute atomic E-state index is 0.0975. The number of furan rings is 1. The molecule has 4 aromatic rings. The normalized spacial score (nSPS) is 12.2. The van der Waals surface area contributed by atoms with Crippen molar-refractivity contribution in [1.29, 1.82) is 0 Å². The maximum absolute atomic E-state index is 12.4. The molecule has 0 amide bonds. The molecular formula is C22H20N4O3S. The summed E-state index contributed by atoms with van der Waals surface area (Å²) in [6, 6.07) is 21.6. The quantitative estimate of drug-likeness (QED) is 0.346. The molecule has 0 atom stereocenters. The van der Waals surface area contributed by atoms with Crippen molar-refractivity contribution in [2.24, 2.45) is 5.10 Å². The van der Waals surface area contributed by atoms with Gasteiger partial charge in [0.05, 0.1) is 28.9 Å². The lowest BCUT2D eigenvalue weighted by Gasteiger charge is -2.07. The van der Waals surface area contributed by atoms with E-state index >= 15 is 0 Å². The van der Waals surface area contributed by atoms with Crippen molar-refractivity contribution in [3.63, 3.8) is 0 Å². The van der Waals surface area contributed by atoms with Crippen molar-refractivity contribution in [1.82, 2.24) is 9.71 Å². The molecule has 0 fully saturated rings. The fourth-order valence-corrected chi connectivity index (χ4v) is 3.87. The molecular weight excluding hydrogens is 400 g/mol. The van der Waals surface area contributed by atoms with Crippen LogP contribution in [0.4, 0.5) is 5.82 Å². The van der Waals surface area contributed by atoms with Crippen molar-refractivity contribution >= 4 is 32.5 Å². The molecule has 2 aromatic carbocycles. The van der Waals surface area contributed by atoms with Gasteiger partial charge in [0.2, 0.25) is 10.0 Å². The highest BCUT2D eigenvalue weighted by atomic mass is 32.2.